The normalized spacial score (nSPS) is 18.2. The van der Waals surface area contributed by atoms with Crippen LogP contribution >= 0.6 is 0 Å². The molecule has 37 heavy (non-hydrogen) atoms. The van der Waals surface area contributed by atoms with Crippen LogP contribution in [0.5, 0.6) is 11.5 Å². The van der Waals surface area contributed by atoms with Gasteiger partial charge in [-0.3, -0.25) is 4.79 Å². The van der Waals surface area contributed by atoms with Crippen LogP contribution in [0.1, 0.15) is 35.7 Å². The lowest BCUT2D eigenvalue weighted by molar-refractivity contribution is 0.171. The highest BCUT2D eigenvalue weighted by atomic mass is 32.2. The van der Waals surface area contributed by atoms with Crippen molar-refractivity contribution < 1.29 is 17.9 Å². The van der Waals surface area contributed by atoms with Gasteiger partial charge in [0.05, 0.1) is 11.4 Å². The summed E-state index contributed by atoms with van der Waals surface area (Å²) in [6.07, 6.45) is 1.33. The van der Waals surface area contributed by atoms with Crippen molar-refractivity contribution in [2.45, 2.75) is 37.1 Å². The van der Waals surface area contributed by atoms with Crippen molar-refractivity contribution in [1.29, 1.82) is 0 Å². The summed E-state index contributed by atoms with van der Waals surface area (Å²) >= 11 is 0. The Balaban J connectivity index is 1.28. The minimum Gasteiger partial charge on any atom is -0.486 e. The summed E-state index contributed by atoms with van der Waals surface area (Å²) in [5.74, 6) is 1.12. The summed E-state index contributed by atoms with van der Waals surface area (Å²) in [5, 5.41) is 8.17. The van der Waals surface area contributed by atoms with Gasteiger partial charge in [-0.05, 0) is 37.5 Å². The molecule has 2 aliphatic rings. The molecule has 0 saturated carbocycles. The van der Waals surface area contributed by atoms with Gasteiger partial charge in [0.1, 0.15) is 19.0 Å². The van der Waals surface area contributed by atoms with E-state index in [1.807, 2.05) is 31.2 Å². The maximum atomic E-state index is 13.5. The number of sulfonamides is 1. The average molecular weight is 523 g/mol. The fourth-order valence-electron chi connectivity index (χ4n) is 4.77. The zero-order chi connectivity index (χ0) is 25.6. The number of rotatable bonds is 5. The molecule has 192 valence electrons. The Morgan fingerprint density at radius 1 is 1.08 bits per heavy atom. The molecule has 2 aromatic heterocycles. The van der Waals surface area contributed by atoms with E-state index in [-0.39, 0.29) is 28.4 Å². The number of nitrogens with zero attached hydrogens (tertiary/aromatic N) is 5. The Kier molecular flexibility index (Phi) is 5.92. The molecule has 1 unspecified atom stereocenters. The number of H-pyrrole nitrogens is 1. The second-order valence-corrected chi connectivity index (χ2v) is 11.3. The topological polar surface area (TPSA) is 132 Å². The lowest BCUT2D eigenvalue weighted by Gasteiger charge is -2.31. The maximum Gasteiger partial charge on any atom is 0.281 e. The highest BCUT2D eigenvalue weighted by Crippen LogP contribution is 2.35. The van der Waals surface area contributed by atoms with E-state index in [4.69, 9.17) is 14.5 Å². The number of hydrogen-bond acceptors (Lipinski definition) is 8. The molecule has 4 aromatic rings. The first-order valence-corrected chi connectivity index (χ1v) is 13.6. The largest absolute Gasteiger partial charge is 0.486 e. The van der Waals surface area contributed by atoms with Crippen molar-refractivity contribution in [3.8, 4) is 11.5 Å². The van der Waals surface area contributed by atoms with E-state index >= 15 is 0 Å². The van der Waals surface area contributed by atoms with Gasteiger partial charge in [0.15, 0.2) is 22.7 Å². The molecular formula is C25H26N6O5S. The summed E-state index contributed by atoms with van der Waals surface area (Å²) in [6, 6.07) is 12.7. The average Bonchev–Trinajstić information content (AvgIpc) is 3.33. The van der Waals surface area contributed by atoms with E-state index in [1.54, 1.807) is 10.7 Å². The predicted octanol–water partition coefficient (Wildman–Crippen LogP) is 2.21. The number of benzene rings is 2. The molecule has 2 aliphatic heterocycles. The van der Waals surface area contributed by atoms with Crippen molar-refractivity contribution in [1.82, 2.24) is 29.3 Å². The smallest absolute Gasteiger partial charge is 0.281 e. The molecule has 0 radical (unpaired) electrons. The number of piperidine rings is 1. The molecule has 4 heterocycles. The van der Waals surface area contributed by atoms with Gasteiger partial charge in [-0.15, -0.1) is 5.10 Å². The molecule has 1 N–H and O–H groups in total. The highest BCUT2D eigenvalue weighted by Gasteiger charge is 2.33. The number of fused-ring (bicyclic) bond motifs is 2. The Morgan fingerprint density at radius 3 is 2.68 bits per heavy atom. The summed E-state index contributed by atoms with van der Waals surface area (Å²) in [6.45, 7) is 3.82. The standard InChI is InChI=1S/C25H26N6O5S/c1-16-4-6-17(7-5-16)14-31-24-22(28-29-31)25(32)27-23(26-24)18-3-2-10-30(15-18)37(33,34)19-8-9-20-21(13-19)36-12-11-35-20/h4-9,13,18H,2-3,10-12,14-15H2,1H3,(H,26,27,32). The monoisotopic (exact) mass is 522 g/mol. The van der Waals surface area contributed by atoms with Crippen LogP contribution in [0, 0.1) is 6.92 Å². The van der Waals surface area contributed by atoms with Crippen LogP contribution in [0.25, 0.3) is 11.2 Å². The van der Waals surface area contributed by atoms with E-state index in [0.717, 1.165) is 11.1 Å². The van der Waals surface area contributed by atoms with E-state index in [2.05, 4.69) is 15.3 Å². The van der Waals surface area contributed by atoms with Gasteiger partial charge in [0.25, 0.3) is 5.56 Å². The summed E-state index contributed by atoms with van der Waals surface area (Å²) in [4.78, 5) is 20.5. The van der Waals surface area contributed by atoms with Crippen molar-refractivity contribution in [3.63, 3.8) is 0 Å². The molecule has 0 spiro atoms. The number of ether oxygens (including phenoxy) is 2. The summed E-state index contributed by atoms with van der Waals surface area (Å²) in [7, 11) is -3.78. The number of aromatic nitrogens is 5. The summed E-state index contributed by atoms with van der Waals surface area (Å²) in [5.41, 5.74) is 2.31. The maximum absolute atomic E-state index is 13.5. The Bertz CT molecular complexity index is 1630. The van der Waals surface area contributed by atoms with Gasteiger partial charge < -0.3 is 14.5 Å². The molecule has 0 aliphatic carbocycles. The van der Waals surface area contributed by atoms with E-state index in [1.165, 1.54) is 16.4 Å². The van der Waals surface area contributed by atoms with E-state index in [0.29, 0.717) is 62.1 Å². The second kappa shape index (κ2) is 9.27. The molecule has 0 bridgehead atoms. The van der Waals surface area contributed by atoms with Crippen LogP contribution in [-0.2, 0) is 16.6 Å². The Morgan fingerprint density at radius 2 is 1.86 bits per heavy atom. The second-order valence-electron chi connectivity index (χ2n) is 9.36. The highest BCUT2D eigenvalue weighted by molar-refractivity contribution is 7.89. The zero-order valence-corrected chi connectivity index (χ0v) is 21.1. The van der Waals surface area contributed by atoms with Gasteiger partial charge in [0, 0.05) is 25.1 Å². The molecule has 12 heteroatoms. The fraction of sp³-hybridized carbons (Fsp3) is 0.360. The number of aryl methyl sites for hydroxylation is 1. The third kappa shape index (κ3) is 4.46. The van der Waals surface area contributed by atoms with E-state index < -0.39 is 10.0 Å². The fourth-order valence-corrected chi connectivity index (χ4v) is 6.31. The quantitative estimate of drug-likeness (QED) is 0.422. The third-order valence-electron chi connectivity index (χ3n) is 6.77. The Labute approximate surface area is 213 Å². The van der Waals surface area contributed by atoms with Crippen LogP contribution in [0.2, 0.25) is 0 Å². The van der Waals surface area contributed by atoms with Crippen LogP contribution in [0.3, 0.4) is 0 Å². The van der Waals surface area contributed by atoms with Crippen molar-refractivity contribution in [3.05, 3.63) is 69.8 Å². The predicted molar refractivity (Wildman–Crippen MR) is 134 cm³/mol. The molecule has 6 rings (SSSR count). The summed E-state index contributed by atoms with van der Waals surface area (Å²) < 4.78 is 41.1. The minimum absolute atomic E-state index is 0.148. The molecular weight excluding hydrogens is 496 g/mol. The van der Waals surface area contributed by atoms with Crippen molar-refractivity contribution in [2.24, 2.45) is 0 Å². The minimum atomic E-state index is -3.78. The van der Waals surface area contributed by atoms with Gasteiger partial charge in [-0.1, -0.05) is 35.0 Å². The number of nitrogens with one attached hydrogen (secondary N) is 1. The van der Waals surface area contributed by atoms with E-state index in [9.17, 15) is 13.2 Å². The molecule has 1 atom stereocenters. The SMILES string of the molecule is Cc1ccc(Cn2nnc3c(=O)[nH]c(C4CCCN(S(=O)(=O)c5ccc6c(c5)OCCO6)C4)nc32)cc1. The van der Waals surface area contributed by atoms with Gasteiger partial charge in [-0.25, -0.2) is 18.1 Å². The van der Waals surface area contributed by atoms with Crippen LogP contribution in [0.15, 0.2) is 52.2 Å². The number of hydrogen-bond donors (Lipinski definition) is 1. The van der Waals surface area contributed by atoms with Crippen molar-refractivity contribution in [2.75, 3.05) is 26.3 Å². The molecule has 2 aromatic carbocycles. The van der Waals surface area contributed by atoms with Crippen molar-refractivity contribution >= 4 is 21.2 Å². The first-order chi connectivity index (χ1) is 17.9. The van der Waals surface area contributed by atoms with Crippen LogP contribution in [0.4, 0.5) is 0 Å². The third-order valence-corrected chi connectivity index (χ3v) is 8.63. The van der Waals surface area contributed by atoms with Gasteiger partial charge in [0.2, 0.25) is 10.0 Å². The Hall–Kier alpha value is -3.77. The molecule has 1 saturated heterocycles. The first kappa shape index (κ1) is 23.6. The molecule has 0 amide bonds. The zero-order valence-electron chi connectivity index (χ0n) is 20.3. The van der Waals surface area contributed by atoms with Crippen LogP contribution < -0.4 is 15.0 Å². The molecule has 11 nitrogen and oxygen atoms in total. The first-order valence-electron chi connectivity index (χ1n) is 12.2. The van der Waals surface area contributed by atoms with Gasteiger partial charge in [-0.2, -0.15) is 4.31 Å². The number of aromatic amines is 1. The lowest BCUT2D eigenvalue weighted by atomic mass is 9.99. The van der Waals surface area contributed by atoms with Crippen LogP contribution in [-0.4, -0.2) is 64.0 Å². The molecule has 1 fully saturated rings. The lowest BCUT2D eigenvalue weighted by Crippen LogP contribution is -2.40. The van der Waals surface area contributed by atoms with Gasteiger partial charge >= 0.3 is 0 Å².